The summed E-state index contributed by atoms with van der Waals surface area (Å²) in [4.78, 5) is 5.02. The van der Waals surface area contributed by atoms with Crippen LogP contribution in [0.4, 0.5) is 11.4 Å². The van der Waals surface area contributed by atoms with Crippen molar-refractivity contribution in [2.45, 2.75) is 38.8 Å². The van der Waals surface area contributed by atoms with Crippen molar-refractivity contribution in [1.82, 2.24) is 0 Å². The van der Waals surface area contributed by atoms with Gasteiger partial charge in [0.05, 0.1) is 0 Å². The Bertz CT molecular complexity index is 1650. The minimum absolute atomic E-state index is 0. The smallest absolute Gasteiger partial charge is 0.0162 e. The number of anilines is 2. The Morgan fingerprint density at radius 2 is 0.881 bits per heavy atom. The minimum Gasteiger partial charge on any atom is -1.00 e. The zero-order chi connectivity index (χ0) is 27.5. The Labute approximate surface area is 278 Å². The van der Waals surface area contributed by atoms with E-state index >= 15 is 0 Å². The molecule has 2 saturated heterocycles. The fraction of sp³-hybridized carbons (Fsp3) is 0.278. The monoisotopic (exact) mass is 686 g/mol. The molecule has 2 nitrogen and oxygen atoms in total. The first kappa shape index (κ1) is 32.8. The second-order valence-electron chi connectivity index (χ2n) is 11.4. The number of rotatable bonds is 2. The second-order valence-corrected chi connectivity index (χ2v) is 20.8. The number of fused-ring (bicyclic) bond motifs is 6. The van der Waals surface area contributed by atoms with E-state index in [1.165, 1.54) is 106 Å². The van der Waals surface area contributed by atoms with E-state index in [1.54, 1.807) is 23.3 Å². The van der Waals surface area contributed by atoms with Crippen molar-refractivity contribution in [2.24, 2.45) is 0 Å². The summed E-state index contributed by atoms with van der Waals surface area (Å²) in [6, 6.07) is 35.7. The average Bonchev–Trinajstić information content (AvgIpc) is 3.79. The maximum absolute atomic E-state index is 2.51. The molecule has 0 N–H and O–H groups in total. The zero-order valence-electron chi connectivity index (χ0n) is 24.5. The van der Waals surface area contributed by atoms with Gasteiger partial charge >= 0.3 is 41.9 Å². The van der Waals surface area contributed by atoms with Crippen LogP contribution in [0.5, 0.6) is 0 Å². The molecule has 0 aliphatic carbocycles. The molecule has 2 heterocycles. The van der Waals surface area contributed by atoms with Gasteiger partial charge in [-0.25, -0.2) is 0 Å². The molecule has 8 rings (SSSR count). The summed E-state index contributed by atoms with van der Waals surface area (Å²) in [6.07, 6.45) is 5.34. The van der Waals surface area contributed by atoms with Crippen LogP contribution in [0.25, 0.3) is 43.1 Å². The molecule has 6 heteroatoms. The van der Waals surface area contributed by atoms with Crippen LogP contribution in [0.3, 0.4) is 0 Å². The summed E-state index contributed by atoms with van der Waals surface area (Å²) in [5, 5.41) is 11.0. The zero-order valence-corrected chi connectivity index (χ0v) is 29.5. The molecular weight excluding hydrogens is 651 g/mol. The van der Waals surface area contributed by atoms with Crippen LogP contribution in [-0.4, -0.2) is 31.6 Å². The summed E-state index contributed by atoms with van der Waals surface area (Å²) in [6.45, 7) is 9.48. The van der Waals surface area contributed by atoms with Crippen LogP contribution in [0.1, 0.15) is 25.7 Å². The third kappa shape index (κ3) is 7.33. The topological polar surface area (TPSA) is 6.48 Å². The molecule has 0 unspecified atom stereocenters. The van der Waals surface area contributed by atoms with E-state index in [2.05, 4.69) is 120 Å². The fourth-order valence-electron chi connectivity index (χ4n) is 6.21. The molecule has 0 atom stereocenters. The van der Waals surface area contributed by atoms with Gasteiger partial charge in [0, 0.05) is 26.2 Å². The maximum atomic E-state index is 2.51. The van der Waals surface area contributed by atoms with Gasteiger partial charge < -0.3 is 34.6 Å². The average molecular weight is 689 g/mol. The molecule has 0 spiro atoms. The van der Waals surface area contributed by atoms with Crippen molar-refractivity contribution in [3.8, 4) is 0 Å². The number of hydrogen-bond donors (Lipinski definition) is 0. The third-order valence-corrected chi connectivity index (χ3v) is 8.14. The van der Waals surface area contributed by atoms with Crippen LogP contribution >= 0.6 is 0 Å². The van der Waals surface area contributed by atoms with Crippen LogP contribution in [0.15, 0.2) is 97.1 Å². The van der Waals surface area contributed by atoms with Crippen LogP contribution in [0.2, 0.25) is 13.1 Å². The molecule has 0 radical (unpaired) electrons. The summed E-state index contributed by atoms with van der Waals surface area (Å²) >= 11 is 1.74. The molecule has 216 valence electrons. The standard InChI is InChI=1S/2C17H16N.C2H6Si.2ClH.Zr/c2*1-2-6-16-13(5-1)7-8-14-11-15(12-17(14)16)18-9-3-4-10-18;1-3-2;;;/h2*1-2,5-8,11-12H,3-4,9-10H2;1-2H3;2*1H;/q2*-1;;;;+2/p-2. The summed E-state index contributed by atoms with van der Waals surface area (Å²) < 4.78 is 0. The van der Waals surface area contributed by atoms with Gasteiger partial charge in [-0.15, -0.1) is 57.9 Å². The molecule has 6 aromatic carbocycles. The molecule has 2 aliphatic heterocycles. The van der Waals surface area contributed by atoms with E-state index in [1.807, 2.05) is 0 Å². The van der Waals surface area contributed by atoms with E-state index in [4.69, 9.17) is 0 Å². The van der Waals surface area contributed by atoms with Crippen molar-refractivity contribution >= 4 is 59.9 Å². The van der Waals surface area contributed by atoms with E-state index in [0.29, 0.717) is 0 Å². The van der Waals surface area contributed by atoms with E-state index in [9.17, 15) is 0 Å². The molecule has 0 bridgehead atoms. The van der Waals surface area contributed by atoms with Crippen molar-refractivity contribution < 1.29 is 48.1 Å². The van der Waals surface area contributed by atoms with Gasteiger partial charge in [-0.2, -0.15) is 0 Å². The number of hydrogen-bond acceptors (Lipinski definition) is 2. The van der Waals surface area contributed by atoms with Gasteiger partial charge in [-0.05, 0) is 25.7 Å². The van der Waals surface area contributed by atoms with Crippen LogP contribution < -0.4 is 34.6 Å². The van der Waals surface area contributed by atoms with Gasteiger partial charge in [0.2, 0.25) is 0 Å². The van der Waals surface area contributed by atoms with Gasteiger partial charge in [0.15, 0.2) is 0 Å². The predicted molar refractivity (Wildman–Crippen MR) is 174 cm³/mol. The SMILES string of the molecule is C[Si](C)=[Zr+2].[Cl-].[Cl-].c1ccc2c(c1)ccc1cc(N3CCCC3)[cH-]c12.c1ccc2c(c1)ccc1cc(N3CCCC3)[cH-]c12. The number of nitrogens with zero attached hydrogens (tertiary/aromatic N) is 2. The normalized spacial score (nSPS) is 14.3. The molecule has 42 heavy (non-hydrogen) atoms. The Balaban J connectivity index is 0.000000165. The van der Waals surface area contributed by atoms with Crippen molar-refractivity contribution in [3.63, 3.8) is 0 Å². The van der Waals surface area contributed by atoms with E-state index in [-0.39, 0.29) is 30.2 Å². The third-order valence-electron chi connectivity index (χ3n) is 8.14. The summed E-state index contributed by atoms with van der Waals surface area (Å²) in [5.74, 6) is 0. The first-order valence-electron chi connectivity index (χ1n) is 14.7. The van der Waals surface area contributed by atoms with Crippen LogP contribution in [0, 0.1) is 0 Å². The Morgan fingerprint density at radius 3 is 1.26 bits per heavy atom. The van der Waals surface area contributed by atoms with Gasteiger partial charge in [0.1, 0.15) is 0 Å². The second kappa shape index (κ2) is 15.1. The minimum atomic E-state index is 0. The van der Waals surface area contributed by atoms with Gasteiger partial charge in [-0.3, -0.25) is 0 Å². The van der Waals surface area contributed by atoms with E-state index in [0.717, 1.165) is 0 Å². The van der Waals surface area contributed by atoms with Crippen molar-refractivity contribution in [1.29, 1.82) is 0 Å². The largest absolute Gasteiger partial charge is 1.00 e. The molecule has 0 aromatic heterocycles. The van der Waals surface area contributed by atoms with Crippen molar-refractivity contribution in [2.75, 3.05) is 36.0 Å². The quantitative estimate of drug-likeness (QED) is 0.204. The predicted octanol–water partition coefficient (Wildman–Crippen LogP) is 3.42. The van der Waals surface area contributed by atoms with E-state index < -0.39 is 0 Å². The summed E-state index contributed by atoms with van der Waals surface area (Å²) in [5.41, 5.74) is 3.01. The first-order chi connectivity index (χ1) is 19.6. The molecule has 6 aromatic rings. The van der Waals surface area contributed by atoms with Crippen LogP contribution in [-0.2, 0) is 23.3 Å². The summed E-state index contributed by atoms with van der Waals surface area (Å²) in [7, 11) is 0. The van der Waals surface area contributed by atoms with Gasteiger partial charge in [0.25, 0.3) is 0 Å². The number of benzene rings is 4. The molecule has 0 saturated carbocycles. The first-order valence-corrected chi connectivity index (χ1v) is 20.9. The molecule has 0 amide bonds. The number of halogens is 2. The molecular formula is C36H38Cl2N2SiZr-2. The molecule has 2 aliphatic rings. The molecule has 2 fully saturated rings. The Hall–Kier alpha value is -2.10. The Morgan fingerprint density at radius 1 is 0.548 bits per heavy atom. The van der Waals surface area contributed by atoms with Gasteiger partial charge in [-0.1, -0.05) is 93.6 Å². The Kier molecular flexibility index (Phi) is 11.8. The van der Waals surface area contributed by atoms with Crippen molar-refractivity contribution in [3.05, 3.63) is 97.1 Å². The fourth-order valence-corrected chi connectivity index (χ4v) is 6.21. The maximum Gasteiger partial charge on any atom is 0.0162 e.